The largest absolute Gasteiger partial charge is 0.288 e. The minimum absolute atomic E-state index is 0.183. The number of aromatic nitrogens is 2. The van der Waals surface area contributed by atoms with Crippen LogP contribution in [-0.2, 0) is 0 Å². The van der Waals surface area contributed by atoms with Gasteiger partial charge in [-0.2, -0.15) is 5.10 Å². The van der Waals surface area contributed by atoms with Gasteiger partial charge in [0.15, 0.2) is 0 Å². The van der Waals surface area contributed by atoms with E-state index in [1.165, 1.54) is 22.7 Å². The van der Waals surface area contributed by atoms with Gasteiger partial charge >= 0.3 is 0 Å². The third-order valence-corrected chi connectivity index (χ3v) is 5.42. The zero-order valence-electron chi connectivity index (χ0n) is 13.0. The number of hydrogen-bond donors (Lipinski definition) is 0. The zero-order chi connectivity index (χ0) is 17.2. The molecule has 0 atom stereocenters. The van der Waals surface area contributed by atoms with Gasteiger partial charge in [-0.1, -0.05) is 30.3 Å². The molecule has 4 rings (SSSR count). The normalized spacial score (nSPS) is 10.7. The van der Waals surface area contributed by atoms with Crippen LogP contribution in [0.3, 0.4) is 0 Å². The fraction of sp³-hybridized carbons (Fsp3) is 0. The number of nitrogens with zero attached hydrogens (tertiary/aromatic N) is 2. The number of rotatable bonds is 5. The standard InChI is InChI=1S/C19H12N2O2S2/c22-18(15-8-4-10-24-15)14-12-21(13-6-2-1-3-7-13)20-17(14)19(23)16-9-5-11-25-16/h1-12H. The predicted octanol–water partition coefficient (Wildman–Crippen LogP) is 4.46. The van der Waals surface area contributed by atoms with E-state index in [1.807, 2.05) is 53.2 Å². The molecule has 122 valence electrons. The molecule has 0 saturated carbocycles. The summed E-state index contributed by atoms with van der Waals surface area (Å²) in [4.78, 5) is 26.8. The van der Waals surface area contributed by atoms with Crippen molar-refractivity contribution in [2.75, 3.05) is 0 Å². The van der Waals surface area contributed by atoms with Gasteiger partial charge in [0.1, 0.15) is 5.69 Å². The second-order valence-corrected chi connectivity index (χ2v) is 7.18. The van der Waals surface area contributed by atoms with Gasteiger partial charge in [0.25, 0.3) is 0 Å². The first-order valence-corrected chi connectivity index (χ1v) is 9.31. The molecule has 0 radical (unpaired) electrons. The fourth-order valence-corrected chi connectivity index (χ4v) is 3.83. The summed E-state index contributed by atoms with van der Waals surface area (Å²) in [5.41, 5.74) is 1.31. The van der Waals surface area contributed by atoms with Crippen LogP contribution >= 0.6 is 22.7 Å². The number of carbonyl (C=O) groups is 2. The number of carbonyl (C=O) groups excluding carboxylic acids is 2. The van der Waals surface area contributed by atoms with E-state index >= 15 is 0 Å². The smallest absolute Gasteiger partial charge is 0.223 e. The van der Waals surface area contributed by atoms with E-state index in [9.17, 15) is 9.59 Å². The second kappa shape index (κ2) is 6.58. The molecule has 0 aliphatic carbocycles. The first-order valence-electron chi connectivity index (χ1n) is 7.55. The minimum Gasteiger partial charge on any atom is -0.288 e. The number of hydrogen-bond acceptors (Lipinski definition) is 5. The lowest BCUT2D eigenvalue weighted by Gasteiger charge is -1.99. The van der Waals surface area contributed by atoms with Gasteiger partial charge in [-0.05, 0) is 35.0 Å². The lowest BCUT2D eigenvalue weighted by molar-refractivity contribution is 0.100. The van der Waals surface area contributed by atoms with E-state index in [4.69, 9.17) is 0 Å². The first kappa shape index (κ1) is 15.7. The highest BCUT2D eigenvalue weighted by Crippen LogP contribution is 2.23. The molecule has 3 aromatic heterocycles. The number of thiophene rings is 2. The predicted molar refractivity (Wildman–Crippen MR) is 99.1 cm³/mol. The molecule has 4 nitrogen and oxygen atoms in total. The molecule has 4 aromatic rings. The third kappa shape index (κ3) is 2.97. The van der Waals surface area contributed by atoms with Crippen molar-refractivity contribution in [3.8, 4) is 5.69 Å². The Kier molecular flexibility index (Phi) is 4.13. The third-order valence-electron chi connectivity index (χ3n) is 3.68. The van der Waals surface area contributed by atoms with E-state index in [1.54, 1.807) is 23.0 Å². The van der Waals surface area contributed by atoms with Gasteiger partial charge in [-0.3, -0.25) is 9.59 Å². The van der Waals surface area contributed by atoms with Crippen LogP contribution in [0.4, 0.5) is 0 Å². The molecule has 0 bridgehead atoms. The highest BCUT2D eigenvalue weighted by Gasteiger charge is 2.25. The van der Waals surface area contributed by atoms with Gasteiger partial charge in [-0.25, -0.2) is 4.68 Å². The Morgan fingerprint density at radius 2 is 1.44 bits per heavy atom. The van der Waals surface area contributed by atoms with Crippen LogP contribution in [0, 0.1) is 0 Å². The fourth-order valence-electron chi connectivity index (χ4n) is 2.49. The monoisotopic (exact) mass is 364 g/mol. The van der Waals surface area contributed by atoms with Crippen LogP contribution < -0.4 is 0 Å². The Labute approximate surface area is 152 Å². The zero-order valence-corrected chi connectivity index (χ0v) is 14.6. The van der Waals surface area contributed by atoms with Gasteiger partial charge in [0, 0.05) is 6.20 Å². The molecular formula is C19H12N2O2S2. The van der Waals surface area contributed by atoms with E-state index < -0.39 is 0 Å². The summed E-state index contributed by atoms with van der Waals surface area (Å²) >= 11 is 2.69. The average Bonchev–Trinajstić information content (AvgIpc) is 3.43. The van der Waals surface area contributed by atoms with Crippen molar-refractivity contribution in [3.05, 3.63) is 92.6 Å². The molecular weight excluding hydrogens is 352 g/mol. The van der Waals surface area contributed by atoms with Crippen molar-refractivity contribution >= 4 is 34.2 Å². The van der Waals surface area contributed by atoms with E-state index in [2.05, 4.69) is 5.10 Å². The summed E-state index contributed by atoms with van der Waals surface area (Å²) in [6, 6.07) is 16.6. The first-order chi connectivity index (χ1) is 12.2. The van der Waals surface area contributed by atoms with Crippen LogP contribution in [0.15, 0.2) is 71.6 Å². The van der Waals surface area contributed by atoms with Crippen molar-refractivity contribution in [2.24, 2.45) is 0 Å². The van der Waals surface area contributed by atoms with E-state index in [-0.39, 0.29) is 17.3 Å². The van der Waals surface area contributed by atoms with Gasteiger partial charge in [0.05, 0.1) is 21.0 Å². The summed E-state index contributed by atoms with van der Waals surface area (Å²) < 4.78 is 1.58. The molecule has 0 aliphatic rings. The van der Waals surface area contributed by atoms with Crippen LogP contribution in [0.2, 0.25) is 0 Å². The summed E-state index contributed by atoms with van der Waals surface area (Å²) in [5, 5.41) is 8.10. The Hall–Kier alpha value is -2.83. The Balaban J connectivity index is 1.84. The maximum absolute atomic E-state index is 12.9. The highest BCUT2D eigenvalue weighted by atomic mass is 32.1. The van der Waals surface area contributed by atoms with Gasteiger partial charge < -0.3 is 0 Å². The molecule has 0 spiro atoms. The molecule has 0 unspecified atom stereocenters. The van der Waals surface area contributed by atoms with Crippen molar-refractivity contribution < 1.29 is 9.59 Å². The summed E-state index contributed by atoms with van der Waals surface area (Å²) in [6.45, 7) is 0. The lowest BCUT2D eigenvalue weighted by atomic mass is 10.1. The minimum atomic E-state index is -0.232. The SMILES string of the molecule is O=C(c1cccs1)c1cn(-c2ccccc2)nc1C(=O)c1cccs1. The molecule has 0 aliphatic heterocycles. The van der Waals surface area contributed by atoms with Gasteiger partial charge in [-0.15, -0.1) is 22.7 Å². The number of benzene rings is 1. The van der Waals surface area contributed by atoms with E-state index in [0.717, 1.165) is 5.69 Å². The molecule has 0 N–H and O–H groups in total. The van der Waals surface area contributed by atoms with Crippen molar-refractivity contribution in [1.29, 1.82) is 0 Å². The molecule has 0 saturated heterocycles. The van der Waals surface area contributed by atoms with Crippen molar-refractivity contribution in [1.82, 2.24) is 9.78 Å². The van der Waals surface area contributed by atoms with Crippen molar-refractivity contribution in [2.45, 2.75) is 0 Å². The Morgan fingerprint density at radius 1 is 0.800 bits per heavy atom. The van der Waals surface area contributed by atoms with E-state index in [0.29, 0.717) is 15.3 Å². The summed E-state index contributed by atoms with van der Waals surface area (Å²) in [7, 11) is 0. The number of ketones is 2. The maximum Gasteiger partial charge on any atom is 0.223 e. The molecule has 1 aromatic carbocycles. The average molecular weight is 364 g/mol. The topological polar surface area (TPSA) is 52.0 Å². The lowest BCUT2D eigenvalue weighted by Crippen LogP contribution is -2.08. The second-order valence-electron chi connectivity index (χ2n) is 5.28. The molecule has 3 heterocycles. The quantitative estimate of drug-likeness (QED) is 0.491. The molecule has 0 amide bonds. The van der Waals surface area contributed by atoms with Crippen LogP contribution in [0.25, 0.3) is 5.69 Å². The summed E-state index contributed by atoms with van der Waals surface area (Å²) in [5.74, 6) is -0.415. The molecule has 6 heteroatoms. The molecule has 25 heavy (non-hydrogen) atoms. The Bertz CT molecular complexity index is 953. The highest BCUT2D eigenvalue weighted by molar-refractivity contribution is 7.12. The summed E-state index contributed by atoms with van der Waals surface area (Å²) in [6.07, 6.45) is 1.64. The molecule has 0 fully saturated rings. The van der Waals surface area contributed by atoms with Crippen LogP contribution in [-0.4, -0.2) is 21.3 Å². The number of para-hydroxylation sites is 1. The van der Waals surface area contributed by atoms with Crippen LogP contribution in [0.5, 0.6) is 0 Å². The van der Waals surface area contributed by atoms with Crippen molar-refractivity contribution in [3.63, 3.8) is 0 Å². The van der Waals surface area contributed by atoms with Crippen LogP contribution in [0.1, 0.15) is 30.6 Å². The maximum atomic E-state index is 12.9. The van der Waals surface area contributed by atoms with Gasteiger partial charge in [0.2, 0.25) is 11.6 Å². The Morgan fingerprint density at radius 3 is 2.04 bits per heavy atom.